The SMILES string of the molecule is c1ccc(-c2nc(-n3c4ccccc4c4cc5c6ccc(-c7cccc8ccccc78)cc6n6c7ccccc7c(c43)c56)nc3ccccc23)cc1. The largest absolute Gasteiger partial charge is 0.308 e. The maximum absolute atomic E-state index is 5.40. The lowest BCUT2D eigenvalue weighted by atomic mass is 9.97. The Bertz CT molecular complexity index is 3400. The van der Waals surface area contributed by atoms with Crippen LogP contribution in [0.25, 0.3) is 110 Å². The van der Waals surface area contributed by atoms with Crippen LogP contribution in [0.3, 0.4) is 0 Å². The Morgan fingerprint density at radius 2 is 1.06 bits per heavy atom. The minimum absolute atomic E-state index is 0.671. The average Bonchev–Trinajstić information content (AvgIpc) is 3.85. The third kappa shape index (κ3) is 3.65. The molecule has 0 bridgehead atoms. The summed E-state index contributed by atoms with van der Waals surface area (Å²) in [5.74, 6) is 0.671. The van der Waals surface area contributed by atoms with Crippen molar-refractivity contribution in [1.82, 2.24) is 18.9 Å². The lowest BCUT2D eigenvalue weighted by Crippen LogP contribution is -2.03. The van der Waals surface area contributed by atoms with Crippen LogP contribution in [0, 0.1) is 0 Å². The summed E-state index contributed by atoms with van der Waals surface area (Å²) in [6.45, 7) is 0. The number of rotatable bonds is 3. The highest BCUT2D eigenvalue weighted by atomic mass is 15.2. The molecule has 0 radical (unpaired) electrons. The maximum Gasteiger partial charge on any atom is 0.235 e. The first-order valence-electron chi connectivity index (χ1n) is 17.8. The predicted octanol–water partition coefficient (Wildman–Crippen LogP) is 12.4. The average molecular weight is 661 g/mol. The van der Waals surface area contributed by atoms with Crippen molar-refractivity contribution in [3.63, 3.8) is 0 Å². The van der Waals surface area contributed by atoms with E-state index in [0.717, 1.165) is 33.2 Å². The van der Waals surface area contributed by atoms with Crippen LogP contribution in [-0.4, -0.2) is 18.9 Å². The van der Waals surface area contributed by atoms with Gasteiger partial charge >= 0.3 is 0 Å². The maximum atomic E-state index is 5.40. The van der Waals surface area contributed by atoms with Crippen molar-refractivity contribution < 1.29 is 0 Å². The van der Waals surface area contributed by atoms with Gasteiger partial charge in [-0.2, -0.15) is 0 Å². The fourth-order valence-electron chi connectivity index (χ4n) is 8.84. The molecule has 0 saturated carbocycles. The standard InChI is InChI=1S/C48H28N4/c1-2-14-30(15-3-1)45-36-19-6-9-22-40(36)49-48(50-45)52-41-23-10-7-18-34(41)38-28-39-35-26-25-31(33-21-12-16-29-13-4-5-17-32(29)33)27-43(35)51-42-24-11-8-20-37(42)44(46(39)51)47(38)52/h1-28H. The summed E-state index contributed by atoms with van der Waals surface area (Å²) in [4.78, 5) is 10.7. The van der Waals surface area contributed by atoms with Crippen LogP contribution in [0.5, 0.6) is 0 Å². The Morgan fingerprint density at radius 3 is 1.94 bits per heavy atom. The van der Waals surface area contributed by atoms with Crippen molar-refractivity contribution in [3.05, 3.63) is 170 Å². The number of nitrogens with zero attached hydrogens (tertiary/aromatic N) is 4. The van der Waals surface area contributed by atoms with Crippen molar-refractivity contribution in [2.24, 2.45) is 0 Å². The van der Waals surface area contributed by atoms with Crippen LogP contribution in [0.4, 0.5) is 0 Å². The Morgan fingerprint density at radius 1 is 0.385 bits per heavy atom. The molecule has 0 aliphatic rings. The number of hydrogen-bond acceptors (Lipinski definition) is 2. The number of benzene rings is 8. The third-order valence-corrected chi connectivity index (χ3v) is 11.0. The van der Waals surface area contributed by atoms with Gasteiger partial charge in [-0.15, -0.1) is 0 Å². The summed E-state index contributed by atoms with van der Waals surface area (Å²) >= 11 is 0. The molecule has 8 aromatic carbocycles. The fraction of sp³-hybridized carbons (Fsp3) is 0. The molecule has 4 aromatic heterocycles. The van der Waals surface area contributed by atoms with E-state index in [4.69, 9.17) is 9.97 Å². The Balaban J connectivity index is 1.24. The fourth-order valence-corrected chi connectivity index (χ4v) is 8.84. The van der Waals surface area contributed by atoms with Gasteiger partial charge in [-0.25, -0.2) is 9.97 Å². The molecule has 12 rings (SSSR count). The van der Waals surface area contributed by atoms with E-state index in [9.17, 15) is 0 Å². The molecule has 4 heteroatoms. The highest BCUT2D eigenvalue weighted by molar-refractivity contribution is 6.34. The van der Waals surface area contributed by atoms with Crippen LogP contribution >= 0.6 is 0 Å². The van der Waals surface area contributed by atoms with E-state index in [0.29, 0.717) is 5.95 Å². The summed E-state index contributed by atoms with van der Waals surface area (Å²) in [6.07, 6.45) is 0. The smallest absolute Gasteiger partial charge is 0.235 e. The summed E-state index contributed by atoms with van der Waals surface area (Å²) in [7, 11) is 0. The Kier molecular flexibility index (Phi) is 5.47. The molecule has 4 nitrogen and oxygen atoms in total. The summed E-state index contributed by atoms with van der Waals surface area (Å²) < 4.78 is 4.80. The minimum Gasteiger partial charge on any atom is -0.308 e. The quantitative estimate of drug-likeness (QED) is 0.189. The molecule has 240 valence electrons. The molecule has 0 fully saturated rings. The molecule has 0 atom stereocenters. The van der Waals surface area contributed by atoms with Crippen molar-refractivity contribution in [2.45, 2.75) is 0 Å². The van der Waals surface area contributed by atoms with E-state index in [1.807, 2.05) is 0 Å². The predicted molar refractivity (Wildman–Crippen MR) is 217 cm³/mol. The van der Waals surface area contributed by atoms with E-state index < -0.39 is 0 Å². The molecule has 0 saturated heterocycles. The Labute approximate surface area is 297 Å². The second kappa shape index (κ2) is 10.3. The van der Waals surface area contributed by atoms with Crippen LogP contribution in [0.15, 0.2) is 170 Å². The lowest BCUT2D eigenvalue weighted by molar-refractivity contribution is 1.02. The monoisotopic (exact) mass is 660 g/mol. The van der Waals surface area contributed by atoms with Crippen molar-refractivity contribution in [3.8, 4) is 28.3 Å². The topological polar surface area (TPSA) is 35.1 Å². The molecule has 0 aliphatic heterocycles. The third-order valence-electron chi connectivity index (χ3n) is 11.0. The van der Waals surface area contributed by atoms with Crippen LogP contribution < -0.4 is 0 Å². The molecular formula is C48H28N4. The number of fused-ring (bicyclic) bond motifs is 12. The van der Waals surface area contributed by atoms with E-state index in [1.165, 1.54) is 70.8 Å². The van der Waals surface area contributed by atoms with Gasteiger partial charge in [0.25, 0.3) is 0 Å². The van der Waals surface area contributed by atoms with Crippen LogP contribution in [0.1, 0.15) is 0 Å². The first-order chi connectivity index (χ1) is 25.8. The van der Waals surface area contributed by atoms with Crippen molar-refractivity contribution in [2.75, 3.05) is 0 Å². The molecule has 0 aliphatic carbocycles. The van der Waals surface area contributed by atoms with Gasteiger partial charge in [0, 0.05) is 43.3 Å². The first-order valence-corrected chi connectivity index (χ1v) is 17.8. The second-order valence-corrected chi connectivity index (χ2v) is 13.8. The van der Waals surface area contributed by atoms with Gasteiger partial charge in [-0.3, -0.25) is 4.57 Å². The first kappa shape index (κ1) is 27.7. The Hall–Kier alpha value is -7.04. The second-order valence-electron chi connectivity index (χ2n) is 13.8. The van der Waals surface area contributed by atoms with Gasteiger partial charge in [0.05, 0.1) is 38.8 Å². The summed E-state index contributed by atoms with van der Waals surface area (Å²) in [6, 6.07) is 61.0. The van der Waals surface area contributed by atoms with Crippen molar-refractivity contribution in [1.29, 1.82) is 0 Å². The minimum atomic E-state index is 0.671. The normalized spacial score (nSPS) is 12.2. The van der Waals surface area contributed by atoms with E-state index in [-0.39, 0.29) is 0 Å². The molecule has 0 unspecified atom stereocenters. The molecule has 4 heterocycles. The summed E-state index contributed by atoms with van der Waals surface area (Å²) in [5, 5.41) is 10.9. The van der Waals surface area contributed by atoms with Crippen LogP contribution in [-0.2, 0) is 0 Å². The van der Waals surface area contributed by atoms with Gasteiger partial charge in [0.2, 0.25) is 5.95 Å². The van der Waals surface area contributed by atoms with E-state index in [1.54, 1.807) is 0 Å². The molecule has 52 heavy (non-hydrogen) atoms. The summed E-state index contributed by atoms with van der Waals surface area (Å²) in [5.41, 5.74) is 11.2. The van der Waals surface area contributed by atoms with Gasteiger partial charge in [-0.05, 0) is 52.2 Å². The molecule has 0 amide bonds. The number of para-hydroxylation sites is 3. The van der Waals surface area contributed by atoms with Gasteiger partial charge in [0.15, 0.2) is 0 Å². The molecule has 0 N–H and O–H groups in total. The molecular weight excluding hydrogens is 633 g/mol. The van der Waals surface area contributed by atoms with Gasteiger partial charge in [-0.1, -0.05) is 140 Å². The molecule has 0 spiro atoms. The van der Waals surface area contributed by atoms with Gasteiger partial charge in [0.1, 0.15) is 0 Å². The van der Waals surface area contributed by atoms with E-state index >= 15 is 0 Å². The highest BCUT2D eigenvalue weighted by Crippen LogP contribution is 2.47. The molecule has 12 aromatic rings. The number of hydrogen-bond donors (Lipinski definition) is 0. The zero-order valence-electron chi connectivity index (χ0n) is 28.0. The number of aromatic nitrogens is 4. The lowest BCUT2D eigenvalue weighted by Gasteiger charge is -2.12. The van der Waals surface area contributed by atoms with Crippen molar-refractivity contribution >= 4 is 81.6 Å². The zero-order chi connectivity index (χ0) is 33.9. The zero-order valence-corrected chi connectivity index (χ0v) is 28.0. The highest BCUT2D eigenvalue weighted by Gasteiger charge is 2.26. The van der Waals surface area contributed by atoms with Gasteiger partial charge < -0.3 is 4.40 Å². The van der Waals surface area contributed by atoms with Crippen LogP contribution in [0.2, 0.25) is 0 Å². The van der Waals surface area contributed by atoms with E-state index in [2.05, 4.69) is 179 Å².